The maximum absolute atomic E-state index is 12.4. The highest BCUT2D eigenvalue weighted by atomic mass is 16.5. The SMILES string of the molecule is COc1ccc2c(c1)CCN(Cc1ccon1)C2=O. The van der Waals surface area contributed by atoms with Gasteiger partial charge in [-0.1, -0.05) is 5.16 Å². The molecule has 0 atom stereocenters. The lowest BCUT2D eigenvalue weighted by Gasteiger charge is -2.28. The molecule has 0 spiro atoms. The van der Waals surface area contributed by atoms with E-state index in [1.165, 1.54) is 6.26 Å². The molecule has 1 aliphatic heterocycles. The topological polar surface area (TPSA) is 55.6 Å². The molecule has 0 saturated carbocycles. The van der Waals surface area contributed by atoms with Crippen LogP contribution in [0.5, 0.6) is 5.75 Å². The molecule has 0 N–H and O–H groups in total. The number of rotatable bonds is 3. The fourth-order valence-corrected chi connectivity index (χ4v) is 2.31. The van der Waals surface area contributed by atoms with Gasteiger partial charge < -0.3 is 14.2 Å². The highest BCUT2D eigenvalue weighted by Crippen LogP contribution is 2.24. The van der Waals surface area contributed by atoms with Gasteiger partial charge in [-0.15, -0.1) is 0 Å². The molecule has 0 bridgehead atoms. The van der Waals surface area contributed by atoms with Crippen molar-refractivity contribution >= 4 is 5.91 Å². The minimum Gasteiger partial charge on any atom is -0.497 e. The van der Waals surface area contributed by atoms with Crippen molar-refractivity contribution in [1.82, 2.24) is 10.1 Å². The number of carbonyl (C=O) groups excluding carboxylic acids is 1. The second-order valence-corrected chi connectivity index (χ2v) is 4.49. The largest absolute Gasteiger partial charge is 0.497 e. The second-order valence-electron chi connectivity index (χ2n) is 4.49. The zero-order valence-corrected chi connectivity index (χ0v) is 10.6. The van der Waals surface area contributed by atoms with Crippen LogP contribution in [0.2, 0.25) is 0 Å². The Hall–Kier alpha value is -2.30. The van der Waals surface area contributed by atoms with Crippen LogP contribution in [0.3, 0.4) is 0 Å². The number of hydrogen-bond donors (Lipinski definition) is 0. The molecule has 1 aromatic heterocycles. The first-order valence-corrected chi connectivity index (χ1v) is 6.13. The van der Waals surface area contributed by atoms with E-state index in [9.17, 15) is 4.79 Å². The molecule has 5 heteroatoms. The molecule has 0 saturated heterocycles. The van der Waals surface area contributed by atoms with Crippen LogP contribution in [0.25, 0.3) is 0 Å². The first-order chi connectivity index (χ1) is 9.28. The standard InChI is InChI=1S/C14H14N2O3/c1-18-12-2-3-13-10(8-12)4-6-16(14(13)17)9-11-5-7-19-15-11/h2-3,5,7-8H,4,6,9H2,1H3. The Bertz CT molecular complexity index is 593. The molecular weight excluding hydrogens is 244 g/mol. The highest BCUT2D eigenvalue weighted by Gasteiger charge is 2.25. The molecule has 5 nitrogen and oxygen atoms in total. The van der Waals surface area contributed by atoms with Crippen LogP contribution in [0.15, 0.2) is 35.1 Å². The van der Waals surface area contributed by atoms with Crippen molar-refractivity contribution in [2.45, 2.75) is 13.0 Å². The van der Waals surface area contributed by atoms with Gasteiger partial charge in [0.05, 0.1) is 13.7 Å². The molecule has 3 rings (SSSR count). The summed E-state index contributed by atoms with van der Waals surface area (Å²) in [6, 6.07) is 7.35. The van der Waals surface area contributed by atoms with Gasteiger partial charge in [0.25, 0.3) is 5.91 Å². The highest BCUT2D eigenvalue weighted by molar-refractivity contribution is 5.96. The number of methoxy groups -OCH3 is 1. The molecule has 0 aliphatic carbocycles. The zero-order valence-electron chi connectivity index (χ0n) is 10.6. The number of nitrogens with zero attached hydrogens (tertiary/aromatic N) is 2. The first kappa shape index (κ1) is 11.8. The van der Waals surface area contributed by atoms with Crippen molar-refractivity contribution in [1.29, 1.82) is 0 Å². The summed E-state index contributed by atoms with van der Waals surface area (Å²) in [5.41, 5.74) is 2.56. The predicted octanol–water partition coefficient (Wildman–Crippen LogP) is 1.88. The average molecular weight is 258 g/mol. The van der Waals surface area contributed by atoms with Gasteiger partial charge in [-0.3, -0.25) is 4.79 Å². The summed E-state index contributed by atoms with van der Waals surface area (Å²) < 4.78 is 9.97. The summed E-state index contributed by atoms with van der Waals surface area (Å²) in [6.07, 6.45) is 2.35. The van der Waals surface area contributed by atoms with Crippen molar-refractivity contribution in [3.05, 3.63) is 47.3 Å². The van der Waals surface area contributed by atoms with Crippen LogP contribution >= 0.6 is 0 Å². The number of fused-ring (bicyclic) bond motifs is 1. The maximum Gasteiger partial charge on any atom is 0.254 e. The first-order valence-electron chi connectivity index (χ1n) is 6.13. The Balaban J connectivity index is 1.83. The lowest BCUT2D eigenvalue weighted by molar-refractivity contribution is 0.0723. The average Bonchev–Trinajstić information content (AvgIpc) is 2.94. The van der Waals surface area contributed by atoms with Gasteiger partial charge in [-0.2, -0.15) is 0 Å². The molecule has 1 aromatic carbocycles. The third-order valence-electron chi connectivity index (χ3n) is 3.33. The summed E-state index contributed by atoms with van der Waals surface area (Å²) in [5.74, 6) is 0.823. The lowest BCUT2D eigenvalue weighted by atomic mass is 9.98. The second kappa shape index (κ2) is 4.76. The van der Waals surface area contributed by atoms with E-state index in [1.807, 2.05) is 18.2 Å². The number of amides is 1. The molecule has 1 amide bonds. The quantitative estimate of drug-likeness (QED) is 0.843. The van der Waals surface area contributed by atoms with E-state index < -0.39 is 0 Å². The number of aromatic nitrogens is 1. The number of hydrogen-bond acceptors (Lipinski definition) is 4. The van der Waals surface area contributed by atoms with E-state index in [2.05, 4.69) is 5.16 Å². The van der Waals surface area contributed by atoms with E-state index in [4.69, 9.17) is 9.26 Å². The molecule has 19 heavy (non-hydrogen) atoms. The monoisotopic (exact) mass is 258 g/mol. The van der Waals surface area contributed by atoms with Crippen LogP contribution < -0.4 is 4.74 Å². The number of ether oxygens (including phenoxy) is 1. The molecular formula is C14H14N2O3. The van der Waals surface area contributed by atoms with Gasteiger partial charge in [0.2, 0.25) is 0 Å². The van der Waals surface area contributed by atoms with Crippen LogP contribution in [-0.4, -0.2) is 29.6 Å². The minimum atomic E-state index is 0.0342. The summed E-state index contributed by atoms with van der Waals surface area (Å²) >= 11 is 0. The van der Waals surface area contributed by atoms with E-state index in [-0.39, 0.29) is 5.91 Å². The summed E-state index contributed by atoms with van der Waals surface area (Å²) in [4.78, 5) is 14.2. The Morgan fingerprint density at radius 1 is 1.42 bits per heavy atom. The molecule has 1 aliphatic rings. The Labute approximate surface area is 110 Å². The van der Waals surface area contributed by atoms with Gasteiger partial charge >= 0.3 is 0 Å². The normalized spacial score (nSPS) is 14.4. The summed E-state index contributed by atoms with van der Waals surface area (Å²) in [7, 11) is 1.63. The molecule has 2 aromatic rings. The zero-order chi connectivity index (χ0) is 13.2. The minimum absolute atomic E-state index is 0.0342. The smallest absolute Gasteiger partial charge is 0.254 e. The third kappa shape index (κ3) is 2.19. The lowest BCUT2D eigenvalue weighted by Crippen LogP contribution is -2.37. The molecule has 0 unspecified atom stereocenters. The van der Waals surface area contributed by atoms with Crippen LogP contribution in [0.4, 0.5) is 0 Å². The van der Waals surface area contributed by atoms with Crippen LogP contribution in [-0.2, 0) is 13.0 Å². The van der Waals surface area contributed by atoms with Gasteiger partial charge in [-0.25, -0.2) is 0 Å². The van der Waals surface area contributed by atoms with E-state index in [0.717, 1.165) is 29.0 Å². The van der Waals surface area contributed by atoms with Crippen molar-refractivity contribution < 1.29 is 14.1 Å². The van der Waals surface area contributed by atoms with Crippen molar-refractivity contribution in [3.63, 3.8) is 0 Å². The maximum atomic E-state index is 12.4. The van der Waals surface area contributed by atoms with E-state index in [0.29, 0.717) is 13.1 Å². The summed E-state index contributed by atoms with van der Waals surface area (Å²) in [5, 5.41) is 3.84. The number of benzene rings is 1. The van der Waals surface area contributed by atoms with E-state index >= 15 is 0 Å². The fourth-order valence-electron chi connectivity index (χ4n) is 2.31. The Morgan fingerprint density at radius 2 is 2.32 bits per heavy atom. The molecule has 98 valence electrons. The van der Waals surface area contributed by atoms with Gasteiger partial charge in [0.1, 0.15) is 17.7 Å². The summed E-state index contributed by atoms with van der Waals surface area (Å²) in [6.45, 7) is 1.17. The van der Waals surface area contributed by atoms with Gasteiger partial charge in [0, 0.05) is 18.2 Å². The van der Waals surface area contributed by atoms with Crippen molar-refractivity contribution in [2.24, 2.45) is 0 Å². The third-order valence-corrected chi connectivity index (χ3v) is 3.33. The fraction of sp³-hybridized carbons (Fsp3) is 0.286. The molecule has 2 heterocycles. The van der Waals surface area contributed by atoms with Gasteiger partial charge in [0.15, 0.2) is 0 Å². The van der Waals surface area contributed by atoms with Crippen LogP contribution in [0.1, 0.15) is 21.6 Å². The van der Waals surface area contributed by atoms with Crippen LogP contribution in [0, 0.1) is 0 Å². The van der Waals surface area contributed by atoms with Crippen molar-refractivity contribution in [2.75, 3.05) is 13.7 Å². The Morgan fingerprint density at radius 3 is 3.05 bits per heavy atom. The van der Waals surface area contributed by atoms with Crippen molar-refractivity contribution in [3.8, 4) is 5.75 Å². The Kier molecular flexibility index (Phi) is 2.95. The van der Waals surface area contributed by atoms with E-state index in [1.54, 1.807) is 18.1 Å². The molecule has 0 fully saturated rings. The van der Waals surface area contributed by atoms with Gasteiger partial charge in [-0.05, 0) is 30.2 Å². The number of carbonyl (C=O) groups is 1. The molecule has 0 radical (unpaired) electrons. The predicted molar refractivity (Wildman–Crippen MR) is 67.9 cm³/mol.